The van der Waals surface area contributed by atoms with Crippen LogP contribution >= 0.6 is 0 Å². The minimum absolute atomic E-state index is 0.0223. The molecule has 0 spiro atoms. The van der Waals surface area contributed by atoms with Crippen LogP contribution in [0.5, 0.6) is 0 Å². The van der Waals surface area contributed by atoms with Gasteiger partial charge in [-0.25, -0.2) is 12.7 Å². The van der Waals surface area contributed by atoms with E-state index in [2.05, 4.69) is 5.32 Å². The number of amides is 1. The molecule has 1 aromatic carbocycles. The van der Waals surface area contributed by atoms with Crippen LogP contribution in [0.25, 0.3) is 0 Å². The lowest BCUT2D eigenvalue weighted by Crippen LogP contribution is -2.37. The molecule has 2 rings (SSSR count). The first-order valence-corrected chi connectivity index (χ1v) is 10.4. The van der Waals surface area contributed by atoms with Crippen LogP contribution in [-0.4, -0.2) is 37.5 Å². The van der Waals surface area contributed by atoms with Crippen molar-refractivity contribution in [1.29, 1.82) is 0 Å². The predicted molar refractivity (Wildman–Crippen MR) is 96.1 cm³/mol. The number of nitrogens with zero attached hydrogens (tertiary/aromatic N) is 1. The zero-order chi connectivity index (χ0) is 17.4. The molecule has 1 N–H and O–H groups in total. The van der Waals surface area contributed by atoms with Crippen molar-refractivity contribution >= 4 is 15.9 Å². The van der Waals surface area contributed by atoms with E-state index in [-0.39, 0.29) is 11.7 Å². The number of piperidine rings is 1. The molecule has 1 fully saturated rings. The second kappa shape index (κ2) is 9.18. The van der Waals surface area contributed by atoms with Crippen LogP contribution < -0.4 is 5.32 Å². The maximum Gasteiger partial charge on any atom is 0.220 e. The minimum atomic E-state index is -3.14. The van der Waals surface area contributed by atoms with Gasteiger partial charge in [-0.1, -0.05) is 36.2 Å². The van der Waals surface area contributed by atoms with Gasteiger partial charge in [-0.2, -0.15) is 0 Å². The zero-order valence-corrected chi connectivity index (χ0v) is 15.3. The number of aryl methyl sites for hydroxylation is 1. The second-order valence-corrected chi connectivity index (χ2v) is 8.58. The average molecular weight is 353 g/mol. The van der Waals surface area contributed by atoms with E-state index < -0.39 is 10.0 Å². The van der Waals surface area contributed by atoms with Crippen molar-refractivity contribution in [3.63, 3.8) is 0 Å². The number of rotatable bonds is 8. The van der Waals surface area contributed by atoms with Crippen molar-refractivity contribution < 1.29 is 13.2 Å². The third-order valence-electron chi connectivity index (χ3n) is 4.37. The quantitative estimate of drug-likeness (QED) is 0.731. The molecular formula is C18H28N2O3S. The fourth-order valence-corrected chi connectivity index (χ4v) is 4.48. The second-order valence-electron chi connectivity index (χ2n) is 6.50. The van der Waals surface area contributed by atoms with Gasteiger partial charge in [0.05, 0.1) is 5.75 Å². The number of benzene rings is 1. The lowest BCUT2D eigenvalue weighted by atomic mass is 10.1. The van der Waals surface area contributed by atoms with Crippen LogP contribution in [0, 0.1) is 6.92 Å². The summed E-state index contributed by atoms with van der Waals surface area (Å²) in [5.41, 5.74) is 2.27. The summed E-state index contributed by atoms with van der Waals surface area (Å²) >= 11 is 0. The lowest BCUT2D eigenvalue weighted by molar-refractivity contribution is -0.121. The molecule has 1 aromatic rings. The monoisotopic (exact) mass is 352 g/mol. The van der Waals surface area contributed by atoms with Crippen molar-refractivity contribution in [2.45, 2.75) is 52.0 Å². The SMILES string of the molecule is Cc1ccc(CNC(=O)CCCCS(=O)(=O)N2CCCCC2)cc1. The normalized spacial score (nSPS) is 16.0. The standard InChI is InChI=1S/C18H28N2O3S/c1-16-8-10-17(11-9-16)15-19-18(21)7-3-6-14-24(22,23)20-12-4-2-5-13-20/h8-11H,2-7,12-15H2,1H3,(H,19,21). The van der Waals surface area contributed by atoms with E-state index in [1.165, 1.54) is 5.56 Å². The van der Waals surface area contributed by atoms with Crippen LogP contribution in [0.1, 0.15) is 49.7 Å². The average Bonchev–Trinajstić information content (AvgIpc) is 2.59. The van der Waals surface area contributed by atoms with Gasteiger partial charge < -0.3 is 5.32 Å². The molecular weight excluding hydrogens is 324 g/mol. The van der Waals surface area contributed by atoms with Gasteiger partial charge in [0.15, 0.2) is 0 Å². The topological polar surface area (TPSA) is 66.5 Å². The molecule has 6 heteroatoms. The van der Waals surface area contributed by atoms with Gasteiger partial charge in [0.1, 0.15) is 0 Å². The number of sulfonamides is 1. The zero-order valence-electron chi connectivity index (χ0n) is 14.5. The number of hydrogen-bond acceptors (Lipinski definition) is 3. The van der Waals surface area contributed by atoms with Gasteiger partial charge in [-0.05, 0) is 38.2 Å². The predicted octanol–water partition coefficient (Wildman–Crippen LogP) is 2.60. The van der Waals surface area contributed by atoms with Crippen molar-refractivity contribution in [2.75, 3.05) is 18.8 Å². The van der Waals surface area contributed by atoms with E-state index in [4.69, 9.17) is 0 Å². The van der Waals surface area contributed by atoms with E-state index in [1.807, 2.05) is 31.2 Å². The molecule has 0 saturated carbocycles. The van der Waals surface area contributed by atoms with Gasteiger partial charge >= 0.3 is 0 Å². The molecule has 1 heterocycles. The van der Waals surface area contributed by atoms with Crippen molar-refractivity contribution in [1.82, 2.24) is 9.62 Å². The molecule has 1 aliphatic rings. The highest BCUT2D eigenvalue weighted by Gasteiger charge is 2.23. The number of hydrogen-bond donors (Lipinski definition) is 1. The summed E-state index contributed by atoms with van der Waals surface area (Å²) in [5, 5.41) is 2.88. The summed E-state index contributed by atoms with van der Waals surface area (Å²) in [6.07, 6.45) is 4.55. The Morgan fingerprint density at radius 2 is 1.75 bits per heavy atom. The summed E-state index contributed by atoms with van der Waals surface area (Å²) in [4.78, 5) is 11.8. The first kappa shape index (κ1) is 18.9. The van der Waals surface area contributed by atoms with Gasteiger partial charge in [-0.15, -0.1) is 0 Å². The van der Waals surface area contributed by atoms with Gasteiger partial charge in [-0.3, -0.25) is 4.79 Å². The Morgan fingerprint density at radius 3 is 2.42 bits per heavy atom. The van der Waals surface area contributed by atoms with Crippen LogP contribution in [0.3, 0.4) is 0 Å². The Hall–Kier alpha value is -1.40. The number of nitrogens with one attached hydrogen (secondary N) is 1. The Bertz CT molecular complexity index is 620. The highest BCUT2D eigenvalue weighted by molar-refractivity contribution is 7.89. The molecule has 0 atom stereocenters. The Labute approximate surface area is 145 Å². The first-order valence-electron chi connectivity index (χ1n) is 8.77. The molecule has 0 aromatic heterocycles. The van der Waals surface area contributed by atoms with E-state index in [1.54, 1.807) is 4.31 Å². The molecule has 0 bridgehead atoms. The molecule has 0 aliphatic carbocycles. The highest BCUT2D eigenvalue weighted by Crippen LogP contribution is 2.14. The van der Waals surface area contributed by atoms with Crippen LogP contribution in [-0.2, 0) is 21.4 Å². The molecule has 0 unspecified atom stereocenters. The number of carbonyl (C=O) groups is 1. The lowest BCUT2D eigenvalue weighted by Gasteiger charge is -2.25. The van der Waals surface area contributed by atoms with Gasteiger partial charge in [0.2, 0.25) is 15.9 Å². The minimum Gasteiger partial charge on any atom is -0.352 e. The van der Waals surface area contributed by atoms with Crippen molar-refractivity contribution in [3.05, 3.63) is 35.4 Å². The van der Waals surface area contributed by atoms with Crippen LogP contribution in [0.2, 0.25) is 0 Å². The van der Waals surface area contributed by atoms with Gasteiger partial charge in [0.25, 0.3) is 0 Å². The molecule has 1 saturated heterocycles. The Balaban J connectivity index is 1.62. The fraction of sp³-hybridized carbons (Fsp3) is 0.611. The summed E-state index contributed by atoms with van der Waals surface area (Å²) in [7, 11) is -3.14. The van der Waals surface area contributed by atoms with Crippen LogP contribution in [0.15, 0.2) is 24.3 Å². The van der Waals surface area contributed by atoms with E-state index >= 15 is 0 Å². The smallest absolute Gasteiger partial charge is 0.220 e. The number of carbonyl (C=O) groups excluding carboxylic acids is 1. The fourth-order valence-electron chi connectivity index (χ4n) is 2.84. The molecule has 24 heavy (non-hydrogen) atoms. The molecule has 1 aliphatic heterocycles. The van der Waals surface area contributed by atoms with Crippen molar-refractivity contribution in [2.24, 2.45) is 0 Å². The van der Waals surface area contributed by atoms with E-state index in [0.717, 1.165) is 24.8 Å². The van der Waals surface area contributed by atoms with E-state index in [9.17, 15) is 13.2 Å². The molecule has 0 radical (unpaired) electrons. The van der Waals surface area contributed by atoms with E-state index in [0.29, 0.717) is 38.9 Å². The third-order valence-corrected chi connectivity index (χ3v) is 6.33. The van der Waals surface area contributed by atoms with Crippen molar-refractivity contribution in [3.8, 4) is 0 Å². The molecule has 1 amide bonds. The maximum atomic E-state index is 12.2. The maximum absolute atomic E-state index is 12.2. The summed E-state index contributed by atoms with van der Waals surface area (Å²) in [6, 6.07) is 8.04. The first-order chi connectivity index (χ1) is 11.5. The largest absolute Gasteiger partial charge is 0.352 e. The molecule has 5 nitrogen and oxygen atoms in total. The Kier molecular flexibility index (Phi) is 7.24. The highest BCUT2D eigenvalue weighted by atomic mass is 32.2. The summed E-state index contributed by atoms with van der Waals surface area (Å²) < 4.78 is 26.0. The van der Waals surface area contributed by atoms with Gasteiger partial charge in [0, 0.05) is 26.1 Å². The number of unbranched alkanes of at least 4 members (excludes halogenated alkanes) is 1. The third kappa shape index (κ3) is 6.24. The molecule has 134 valence electrons. The van der Waals surface area contributed by atoms with Crippen LogP contribution in [0.4, 0.5) is 0 Å². The summed E-state index contributed by atoms with van der Waals surface area (Å²) in [6.45, 7) is 3.85. The Morgan fingerprint density at radius 1 is 1.08 bits per heavy atom. The summed E-state index contributed by atoms with van der Waals surface area (Å²) in [5.74, 6) is 0.129.